The van der Waals surface area contributed by atoms with Gasteiger partial charge in [0.1, 0.15) is 60.8 Å². The van der Waals surface area contributed by atoms with Crippen LogP contribution in [-0.4, -0.2) is 269 Å². The summed E-state index contributed by atoms with van der Waals surface area (Å²) >= 11 is 0. The zero-order valence-corrected chi connectivity index (χ0v) is 81.3. The van der Waals surface area contributed by atoms with Crippen molar-refractivity contribution in [1.29, 1.82) is 0 Å². The number of hydrogen-bond donors (Lipinski definition) is 4. The van der Waals surface area contributed by atoms with Crippen molar-refractivity contribution < 1.29 is 75.8 Å². The highest BCUT2D eigenvalue weighted by molar-refractivity contribution is 6.01. The first-order chi connectivity index (χ1) is 68.6. The molecule has 26 nitrogen and oxygen atoms in total. The first kappa shape index (κ1) is 99.3. The molecule has 0 saturated carbocycles. The Kier molecular flexibility index (Phi) is 34.9. The van der Waals surface area contributed by atoms with Gasteiger partial charge in [0.25, 0.3) is 0 Å². The molecule has 12 aromatic rings. The van der Waals surface area contributed by atoms with E-state index in [1.54, 1.807) is 28.4 Å². The normalized spacial score (nSPS) is 12.2. The van der Waals surface area contributed by atoms with Crippen LogP contribution in [0.2, 0.25) is 0 Å². The summed E-state index contributed by atoms with van der Waals surface area (Å²) in [5.41, 5.74) is 25.3. The summed E-state index contributed by atoms with van der Waals surface area (Å²) in [7, 11) is 19.6. The molecule has 6 aromatic carbocycles. The Morgan fingerprint density at radius 1 is 0.221 bits per heavy atom. The van der Waals surface area contributed by atoms with Crippen molar-refractivity contribution in [3.63, 3.8) is 0 Å². The monoisotopic (exact) mass is 1890 g/mol. The summed E-state index contributed by atoms with van der Waals surface area (Å²) in [5, 5.41) is 0. The maximum Gasteiger partial charge on any atom is 0.132 e. The summed E-state index contributed by atoms with van der Waals surface area (Å²) in [6.45, 7) is 10.1. The number of hydrogen-bond acceptors (Lipinski definition) is 20. The van der Waals surface area contributed by atoms with E-state index in [4.69, 9.17) is 95.7 Å². The summed E-state index contributed by atoms with van der Waals surface area (Å²) in [4.78, 5) is 38.3. The molecule has 4 aliphatic rings. The lowest BCUT2D eigenvalue weighted by atomic mass is 10.0. The minimum absolute atomic E-state index is 0.307. The fourth-order valence-electron chi connectivity index (χ4n) is 16.5. The molecule has 4 aliphatic heterocycles. The topological polar surface area (TPSA) is 262 Å². The predicted octanol–water partition coefficient (Wildman–Crippen LogP) is 19.7. The molecule has 26 heteroatoms. The number of rotatable bonds is 48. The number of fused-ring (bicyclic) bond motifs is 16. The second-order valence-electron chi connectivity index (χ2n) is 35.0. The SMILES string of the molecule is COCCOCCOCCOc1cccc(-c2c3nc(c(-c4ccc([N+](C)(C)C)cc4)c4ccc([nH]4)c(-c4cccc(OCCOCCOCCOC)c4)c4nc(c(C#CC#Cc5c6nc(c(-c7cccc(OCCOCCOCCOC)c7)c7ccc([nH]7)c(-c7ccc([N+](C)(C)C)cc7)c7nc(c(-c8cccc(OCCOCCOCCOC)c8)c8ccc5[nH]8)C=C7)C=C6)c5ccc2[nH]5)C=C4)C=C3)c1. The highest BCUT2D eigenvalue weighted by Crippen LogP contribution is 2.43. The van der Waals surface area contributed by atoms with Gasteiger partial charge in [-0.05, 0) is 251 Å². The Labute approximate surface area is 817 Å². The number of nitrogens with one attached hydrogen (secondary N) is 4. The van der Waals surface area contributed by atoms with Gasteiger partial charge in [-0.2, -0.15) is 0 Å². The van der Waals surface area contributed by atoms with Gasteiger partial charge in [0.2, 0.25) is 0 Å². The van der Waals surface area contributed by atoms with Gasteiger partial charge in [0.15, 0.2) is 0 Å². The van der Waals surface area contributed by atoms with Crippen molar-refractivity contribution in [2.45, 2.75) is 0 Å². The fraction of sp³-hybridized carbons (Fsp3) is 0.298. The summed E-state index contributed by atoms with van der Waals surface area (Å²) < 4.78 is 94.1. The summed E-state index contributed by atoms with van der Waals surface area (Å²) in [6, 6.07) is 66.4. The zero-order chi connectivity index (χ0) is 96.8. The molecule has 0 amide bonds. The molecule has 0 unspecified atom stereocenters. The molecule has 16 bridgehead atoms. The maximum atomic E-state index is 6.47. The molecule has 0 fully saturated rings. The Morgan fingerprint density at radius 3 is 0.671 bits per heavy atom. The molecule has 0 spiro atoms. The number of H-pyrrole nitrogens is 4. The van der Waals surface area contributed by atoms with Crippen molar-refractivity contribution in [3.05, 3.63) is 251 Å². The Balaban J connectivity index is 0.885. The summed E-state index contributed by atoms with van der Waals surface area (Å²) in [6.07, 6.45) is 16.5. The Morgan fingerprint density at radius 2 is 0.429 bits per heavy atom. The van der Waals surface area contributed by atoms with Crippen molar-refractivity contribution in [2.75, 3.05) is 229 Å². The van der Waals surface area contributed by atoms with E-state index in [2.05, 4.69) is 219 Å². The largest absolute Gasteiger partial charge is 0.491 e. The van der Waals surface area contributed by atoms with Crippen molar-refractivity contribution in [2.24, 2.45) is 0 Å². The molecule has 0 saturated heterocycles. The molecule has 0 atom stereocenters. The van der Waals surface area contributed by atoms with Crippen LogP contribution < -0.4 is 27.9 Å². The average molecular weight is 1890 g/mol. The van der Waals surface area contributed by atoms with Crippen LogP contribution in [0.3, 0.4) is 0 Å². The first-order valence-corrected chi connectivity index (χ1v) is 47.3. The quantitative estimate of drug-likeness (QED) is 0.0157. The second-order valence-corrected chi connectivity index (χ2v) is 35.0. The van der Waals surface area contributed by atoms with Crippen molar-refractivity contribution in [1.82, 2.24) is 48.8 Å². The number of nitrogens with zero attached hydrogens (tertiary/aromatic N) is 6. The van der Waals surface area contributed by atoms with E-state index < -0.39 is 0 Å². The van der Waals surface area contributed by atoms with E-state index in [-0.39, 0.29) is 0 Å². The fourth-order valence-corrected chi connectivity index (χ4v) is 16.5. The smallest absolute Gasteiger partial charge is 0.132 e. The standard InChI is InChI=1S/C114H122N10O16/c1-123(2,3)85-31-27-79(28-32-85)109-97-43-47-105(119-97)111(81-17-13-21-87(75-81)137-71-67-133-63-59-129-55-51-125-7)101-39-35-93(115-101)91(94-36-40-102(116-94)112(106-48-44-98(109)120-106)82-18-14-22-88(76-82)138-72-68-134-64-60-130-56-52-126-8)25-11-12-26-92-95-37-41-103(117-95)113(83-19-15-23-89(77-83)139-73-69-135-65-61-131-57-53-127-9)107-49-45-99(121-107)110(80-29-33-86(34-30-80)124(4,5)6)100-46-50-108(122-100)114(104-42-38-96(92)118-104)84-20-16-24-90(78-84)140-74-70-136-66-62-132-58-54-128-10/h13-24,27-50,75-78,115,117,120,122H,51-74H2,1-10H3/q+2. The molecule has 16 rings (SSSR count). The van der Waals surface area contributed by atoms with Crippen LogP contribution in [0, 0.1) is 23.7 Å². The highest BCUT2D eigenvalue weighted by Gasteiger charge is 2.25. The number of benzene rings is 6. The number of methoxy groups -OCH3 is 4. The molecule has 0 radical (unpaired) electrons. The van der Waals surface area contributed by atoms with Crippen LogP contribution >= 0.6 is 0 Å². The Hall–Kier alpha value is -13.7. The van der Waals surface area contributed by atoms with Gasteiger partial charge in [-0.3, -0.25) is 8.97 Å². The van der Waals surface area contributed by atoms with Gasteiger partial charge in [0.05, 0.1) is 242 Å². The molecule has 140 heavy (non-hydrogen) atoms. The molecule has 0 aliphatic carbocycles. The van der Waals surface area contributed by atoms with E-state index in [1.165, 1.54) is 0 Å². The van der Waals surface area contributed by atoms with Crippen LogP contribution in [0.1, 0.15) is 56.7 Å². The van der Waals surface area contributed by atoms with E-state index in [0.717, 1.165) is 123 Å². The van der Waals surface area contributed by atoms with E-state index >= 15 is 0 Å². The molecular weight excluding hydrogens is 1770 g/mol. The minimum atomic E-state index is 0.307. The van der Waals surface area contributed by atoms with E-state index in [1.807, 2.05) is 109 Å². The number of aromatic amines is 4. The van der Waals surface area contributed by atoms with Crippen LogP contribution in [-0.2, 0) is 56.8 Å². The van der Waals surface area contributed by atoms with E-state index in [9.17, 15) is 0 Å². The van der Waals surface area contributed by atoms with Crippen LogP contribution in [0.5, 0.6) is 23.0 Å². The third-order valence-electron chi connectivity index (χ3n) is 23.5. The van der Waals surface area contributed by atoms with Crippen LogP contribution in [0.4, 0.5) is 11.4 Å². The zero-order valence-electron chi connectivity index (χ0n) is 81.3. The van der Waals surface area contributed by atoms with Gasteiger partial charge < -0.3 is 95.7 Å². The van der Waals surface area contributed by atoms with Crippen molar-refractivity contribution >= 4 is 104 Å². The first-order valence-electron chi connectivity index (χ1n) is 47.3. The van der Waals surface area contributed by atoms with Crippen LogP contribution in [0.25, 0.3) is 160 Å². The number of aromatic nitrogens is 8. The van der Waals surface area contributed by atoms with Crippen LogP contribution in [0.15, 0.2) is 194 Å². The number of ether oxygens (including phenoxy) is 16. The predicted molar refractivity (Wildman–Crippen MR) is 559 cm³/mol. The van der Waals surface area contributed by atoms with Crippen molar-refractivity contribution in [3.8, 4) is 113 Å². The molecular formula is C114H122N10O16+2. The van der Waals surface area contributed by atoms with Gasteiger partial charge in [-0.1, -0.05) is 48.5 Å². The second kappa shape index (κ2) is 49.2. The van der Waals surface area contributed by atoms with Gasteiger partial charge in [-0.15, -0.1) is 0 Å². The third kappa shape index (κ3) is 26.0. The van der Waals surface area contributed by atoms with Gasteiger partial charge in [0, 0.05) is 94.9 Å². The molecule has 10 heterocycles. The lowest BCUT2D eigenvalue weighted by Gasteiger charge is -2.23. The van der Waals surface area contributed by atoms with E-state index in [0.29, 0.717) is 247 Å². The Bertz CT molecular complexity index is 6370. The lowest BCUT2D eigenvalue weighted by Crippen LogP contribution is -2.34. The molecule has 4 N–H and O–H groups in total. The summed E-state index contributed by atoms with van der Waals surface area (Å²) in [5.74, 6) is 16.6. The maximum absolute atomic E-state index is 6.47. The van der Waals surface area contributed by atoms with Gasteiger partial charge in [-0.25, -0.2) is 19.9 Å². The molecule has 6 aromatic heterocycles. The lowest BCUT2D eigenvalue weighted by molar-refractivity contribution is 0.0180. The highest BCUT2D eigenvalue weighted by atomic mass is 16.6. The minimum Gasteiger partial charge on any atom is -0.491 e. The molecule has 722 valence electrons. The number of quaternary nitrogens is 2. The van der Waals surface area contributed by atoms with Gasteiger partial charge >= 0.3 is 0 Å². The average Bonchev–Trinajstić information content (AvgIpc) is 1.61. The third-order valence-corrected chi connectivity index (χ3v) is 23.5.